The Morgan fingerprint density at radius 1 is 1.12 bits per heavy atom. The summed E-state index contributed by atoms with van der Waals surface area (Å²) >= 11 is 0. The number of nitrogens with zero attached hydrogens (tertiary/aromatic N) is 2. The molecule has 7 nitrogen and oxygen atoms in total. The molecule has 1 aromatic heterocycles. The number of ether oxygens (including phenoxy) is 1. The predicted octanol–water partition coefficient (Wildman–Crippen LogP) is 2.51. The van der Waals surface area contributed by atoms with Crippen LogP contribution in [0.1, 0.15) is 51.0 Å². The molecule has 2 rings (SSSR count). The summed E-state index contributed by atoms with van der Waals surface area (Å²) in [6.07, 6.45) is 1.63. The second-order valence-electron chi connectivity index (χ2n) is 6.34. The lowest BCUT2D eigenvalue weighted by atomic mass is 10.1. The fourth-order valence-corrected chi connectivity index (χ4v) is 2.86. The van der Waals surface area contributed by atoms with Gasteiger partial charge in [0, 0.05) is 17.5 Å². The van der Waals surface area contributed by atoms with Gasteiger partial charge in [-0.2, -0.15) is 5.10 Å². The largest absolute Gasteiger partial charge is 0.451 e. The van der Waals surface area contributed by atoms with Crippen LogP contribution < -0.4 is 5.56 Å². The van der Waals surface area contributed by atoms with Gasteiger partial charge in [0.1, 0.15) is 0 Å². The highest BCUT2D eigenvalue weighted by molar-refractivity contribution is 6.02. The van der Waals surface area contributed by atoms with E-state index in [0.29, 0.717) is 10.8 Å². The van der Waals surface area contributed by atoms with Crippen molar-refractivity contribution in [2.45, 2.75) is 52.6 Å². The molecular formula is C19H25N3O4. The van der Waals surface area contributed by atoms with Crippen molar-refractivity contribution >= 4 is 22.6 Å². The second-order valence-corrected chi connectivity index (χ2v) is 6.34. The molecule has 2 atom stereocenters. The van der Waals surface area contributed by atoms with Crippen LogP contribution in [-0.4, -0.2) is 45.7 Å². The molecule has 26 heavy (non-hydrogen) atoms. The minimum atomic E-state index is -0.737. The molecule has 140 valence electrons. The van der Waals surface area contributed by atoms with Gasteiger partial charge in [-0.3, -0.25) is 9.59 Å². The van der Waals surface area contributed by atoms with E-state index in [2.05, 4.69) is 10.2 Å². The Labute approximate surface area is 152 Å². The van der Waals surface area contributed by atoms with Crippen LogP contribution in [0.3, 0.4) is 0 Å². The average molecular weight is 359 g/mol. The van der Waals surface area contributed by atoms with Crippen molar-refractivity contribution in [2.75, 3.05) is 6.61 Å². The summed E-state index contributed by atoms with van der Waals surface area (Å²) in [5, 5.41) is 6.83. The van der Waals surface area contributed by atoms with Crippen LogP contribution in [0.25, 0.3) is 10.8 Å². The lowest BCUT2D eigenvalue weighted by molar-refractivity contribution is -0.139. The lowest BCUT2D eigenvalue weighted by Gasteiger charge is -2.33. The number of H-pyrrole nitrogens is 1. The van der Waals surface area contributed by atoms with E-state index in [1.54, 1.807) is 29.2 Å². The highest BCUT2D eigenvalue weighted by Crippen LogP contribution is 2.15. The maximum atomic E-state index is 12.6. The molecule has 0 aliphatic carbocycles. The van der Waals surface area contributed by atoms with Gasteiger partial charge in [-0.05, 0) is 32.8 Å². The zero-order valence-corrected chi connectivity index (χ0v) is 15.6. The maximum Gasteiger partial charge on any atom is 0.359 e. The number of aromatic nitrogens is 2. The molecule has 0 saturated heterocycles. The molecule has 1 N–H and O–H groups in total. The number of rotatable bonds is 7. The number of amides is 1. The standard InChI is InChI=1S/C19H25N3O4/c1-5-12(3)22(13(4)6-2)16(23)11-26-19(25)17-14-9-7-8-10-15(14)18(24)21-20-17/h7-10,12-13H,5-6,11H2,1-4H3,(H,21,24)/t12-,13+. The molecule has 0 spiro atoms. The number of benzene rings is 1. The Bertz CT molecular complexity index is 836. The molecule has 1 aromatic carbocycles. The van der Waals surface area contributed by atoms with E-state index in [4.69, 9.17) is 4.74 Å². The number of hydrogen-bond acceptors (Lipinski definition) is 5. The van der Waals surface area contributed by atoms with E-state index < -0.39 is 5.97 Å². The Balaban J connectivity index is 2.17. The number of nitrogens with one attached hydrogen (secondary N) is 1. The van der Waals surface area contributed by atoms with Gasteiger partial charge in [0.25, 0.3) is 11.5 Å². The number of hydrogen-bond donors (Lipinski definition) is 1. The van der Waals surface area contributed by atoms with Crippen molar-refractivity contribution in [2.24, 2.45) is 0 Å². The Hall–Kier alpha value is -2.70. The minimum Gasteiger partial charge on any atom is -0.451 e. The van der Waals surface area contributed by atoms with Gasteiger partial charge in [-0.25, -0.2) is 9.89 Å². The van der Waals surface area contributed by atoms with Crippen LogP contribution in [0.5, 0.6) is 0 Å². The Kier molecular flexibility index (Phi) is 6.49. The molecule has 0 bridgehead atoms. The first-order chi connectivity index (χ1) is 12.4. The normalized spacial score (nSPS) is 13.2. The van der Waals surface area contributed by atoms with Gasteiger partial charge in [-0.15, -0.1) is 0 Å². The highest BCUT2D eigenvalue weighted by Gasteiger charge is 2.25. The third-order valence-corrected chi connectivity index (χ3v) is 4.64. The Morgan fingerprint density at radius 3 is 2.27 bits per heavy atom. The summed E-state index contributed by atoms with van der Waals surface area (Å²) in [4.78, 5) is 38.5. The van der Waals surface area contributed by atoms with Gasteiger partial charge < -0.3 is 9.64 Å². The molecule has 2 aromatic rings. The quantitative estimate of drug-likeness (QED) is 0.767. The molecular weight excluding hydrogens is 334 g/mol. The predicted molar refractivity (Wildman–Crippen MR) is 99.0 cm³/mol. The molecule has 0 radical (unpaired) electrons. The van der Waals surface area contributed by atoms with Gasteiger partial charge >= 0.3 is 5.97 Å². The third kappa shape index (κ3) is 4.09. The maximum absolute atomic E-state index is 12.6. The van der Waals surface area contributed by atoms with Gasteiger partial charge in [0.2, 0.25) is 0 Å². The van der Waals surface area contributed by atoms with E-state index >= 15 is 0 Å². The molecule has 0 fully saturated rings. The van der Waals surface area contributed by atoms with E-state index in [9.17, 15) is 14.4 Å². The van der Waals surface area contributed by atoms with Crippen LogP contribution in [0.15, 0.2) is 29.1 Å². The van der Waals surface area contributed by atoms with E-state index in [1.807, 2.05) is 27.7 Å². The molecule has 0 aliphatic heterocycles. The first-order valence-electron chi connectivity index (χ1n) is 8.86. The lowest BCUT2D eigenvalue weighted by Crippen LogP contribution is -2.46. The van der Waals surface area contributed by atoms with Crippen molar-refractivity contribution in [1.82, 2.24) is 15.1 Å². The van der Waals surface area contributed by atoms with E-state index in [1.165, 1.54) is 0 Å². The van der Waals surface area contributed by atoms with Crippen LogP contribution >= 0.6 is 0 Å². The molecule has 7 heteroatoms. The SMILES string of the molecule is CC[C@@H](C)N(C(=O)COC(=O)c1n[nH]c(=O)c2ccccc12)[C@@H](C)CC. The van der Waals surface area contributed by atoms with Gasteiger partial charge in [-0.1, -0.05) is 32.0 Å². The summed E-state index contributed by atoms with van der Waals surface area (Å²) in [7, 11) is 0. The first kappa shape index (κ1) is 19.6. The van der Waals surface area contributed by atoms with Crippen LogP contribution in [0, 0.1) is 0 Å². The first-order valence-corrected chi connectivity index (χ1v) is 8.86. The summed E-state index contributed by atoms with van der Waals surface area (Å²) in [5.41, 5.74) is -0.389. The Morgan fingerprint density at radius 2 is 1.69 bits per heavy atom. The smallest absolute Gasteiger partial charge is 0.359 e. The van der Waals surface area contributed by atoms with Crippen molar-refractivity contribution in [3.05, 3.63) is 40.3 Å². The molecule has 1 heterocycles. The summed E-state index contributed by atoms with van der Waals surface area (Å²) < 4.78 is 5.19. The van der Waals surface area contributed by atoms with Crippen molar-refractivity contribution in [3.8, 4) is 0 Å². The number of carbonyl (C=O) groups excluding carboxylic acids is 2. The minimum absolute atomic E-state index is 0.00775. The fraction of sp³-hybridized carbons (Fsp3) is 0.474. The van der Waals surface area contributed by atoms with E-state index in [-0.39, 0.29) is 35.9 Å². The van der Waals surface area contributed by atoms with Crippen LogP contribution in [0.4, 0.5) is 0 Å². The van der Waals surface area contributed by atoms with Crippen molar-refractivity contribution < 1.29 is 14.3 Å². The summed E-state index contributed by atoms with van der Waals surface area (Å²) in [5.74, 6) is -0.977. The molecule has 0 unspecified atom stereocenters. The third-order valence-electron chi connectivity index (χ3n) is 4.64. The van der Waals surface area contributed by atoms with Crippen molar-refractivity contribution in [3.63, 3.8) is 0 Å². The number of carbonyl (C=O) groups is 2. The number of esters is 1. The summed E-state index contributed by atoms with van der Waals surface area (Å²) in [6.45, 7) is 7.61. The van der Waals surface area contributed by atoms with Gasteiger partial charge in [0.15, 0.2) is 12.3 Å². The monoisotopic (exact) mass is 359 g/mol. The average Bonchev–Trinajstić information content (AvgIpc) is 2.66. The number of fused-ring (bicyclic) bond motifs is 1. The van der Waals surface area contributed by atoms with Crippen LogP contribution in [-0.2, 0) is 9.53 Å². The summed E-state index contributed by atoms with van der Waals surface area (Å²) in [6, 6.07) is 6.75. The zero-order chi connectivity index (χ0) is 19.3. The highest BCUT2D eigenvalue weighted by atomic mass is 16.5. The van der Waals surface area contributed by atoms with Crippen LogP contribution in [0.2, 0.25) is 0 Å². The molecule has 0 saturated carbocycles. The topological polar surface area (TPSA) is 92.4 Å². The fourth-order valence-electron chi connectivity index (χ4n) is 2.86. The number of aromatic amines is 1. The zero-order valence-electron chi connectivity index (χ0n) is 15.6. The second kappa shape index (κ2) is 8.60. The van der Waals surface area contributed by atoms with Gasteiger partial charge in [0.05, 0.1) is 5.39 Å². The van der Waals surface area contributed by atoms with Crippen molar-refractivity contribution in [1.29, 1.82) is 0 Å². The molecule has 1 amide bonds. The van der Waals surface area contributed by atoms with E-state index in [0.717, 1.165) is 12.8 Å². The molecule has 0 aliphatic rings.